The fourth-order valence-corrected chi connectivity index (χ4v) is 4.75. The van der Waals surface area contributed by atoms with Crippen molar-refractivity contribution in [1.82, 2.24) is 15.2 Å². The summed E-state index contributed by atoms with van der Waals surface area (Å²) >= 11 is 1.85. The van der Waals surface area contributed by atoms with E-state index in [0.717, 1.165) is 50.6 Å². The molecule has 1 aliphatic carbocycles. The number of aliphatic hydroxyl groups is 1. The number of thioether (sulfide) groups is 1. The van der Waals surface area contributed by atoms with Gasteiger partial charge in [-0.2, -0.15) is 11.8 Å². The van der Waals surface area contributed by atoms with Crippen molar-refractivity contribution in [3.8, 4) is 0 Å². The third-order valence-corrected chi connectivity index (χ3v) is 6.62. The number of guanidine groups is 1. The summed E-state index contributed by atoms with van der Waals surface area (Å²) in [5.41, 5.74) is 0.650. The van der Waals surface area contributed by atoms with E-state index in [1.165, 1.54) is 10.9 Å². The van der Waals surface area contributed by atoms with Crippen molar-refractivity contribution < 1.29 is 5.11 Å². The molecule has 1 aromatic carbocycles. The number of fused-ring (bicyclic) bond motifs is 1. The second kappa shape index (κ2) is 9.51. The molecule has 3 rings (SSSR count). The van der Waals surface area contributed by atoms with Crippen molar-refractivity contribution in [2.45, 2.75) is 50.5 Å². The van der Waals surface area contributed by atoms with Gasteiger partial charge in [0.2, 0.25) is 0 Å². The molecule has 6 heteroatoms. The Hall–Kier alpha value is -1.66. The fourth-order valence-electron chi connectivity index (χ4n) is 3.57. The number of para-hydroxylation sites is 1. The third kappa shape index (κ3) is 4.99. The van der Waals surface area contributed by atoms with E-state index in [-0.39, 0.29) is 0 Å². The molecule has 1 heterocycles. The average molecular weight is 389 g/mol. The first-order valence-electron chi connectivity index (χ1n) is 10.1. The number of rotatable bonds is 9. The summed E-state index contributed by atoms with van der Waals surface area (Å²) in [6, 6.07) is 10.6. The first-order valence-corrected chi connectivity index (χ1v) is 11.1. The van der Waals surface area contributed by atoms with E-state index in [1.54, 1.807) is 0 Å². The van der Waals surface area contributed by atoms with Gasteiger partial charge < -0.3 is 20.3 Å². The Labute approximate surface area is 166 Å². The van der Waals surface area contributed by atoms with Crippen LogP contribution in [0.3, 0.4) is 0 Å². The van der Waals surface area contributed by atoms with Gasteiger partial charge in [0, 0.05) is 36.6 Å². The molecule has 0 radical (unpaired) electrons. The Morgan fingerprint density at radius 1 is 1.30 bits per heavy atom. The Morgan fingerprint density at radius 2 is 2.15 bits per heavy atom. The molecule has 1 fully saturated rings. The van der Waals surface area contributed by atoms with Gasteiger partial charge in [0.05, 0.1) is 12.1 Å². The lowest BCUT2D eigenvalue weighted by molar-refractivity contribution is -0.0154. The van der Waals surface area contributed by atoms with Crippen molar-refractivity contribution in [2.24, 2.45) is 4.99 Å². The van der Waals surface area contributed by atoms with Gasteiger partial charge in [-0.1, -0.05) is 25.1 Å². The molecule has 2 aromatic rings. The Kier molecular flexibility index (Phi) is 7.07. The summed E-state index contributed by atoms with van der Waals surface area (Å²) in [5.74, 6) is 1.85. The van der Waals surface area contributed by atoms with E-state index in [2.05, 4.69) is 70.6 Å². The number of benzene rings is 1. The van der Waals surface area contributed by atoms with Crippen LogP contribution in [0.5, 0.6) is 0 Å². The third-order valence-electron chi connectivity index (χ3n) is 5.21. The van der Waals surface area contributed by atoms with Crippen LogP contribution < -0.4 is 10.6 Å². The molecular formula is C21H32N4OS. The minimum Gasteiger partial charge on any atom is -0.387 e. The highest BCUT2D eigenvalue weighted by Crippen LogP contribution is 2.41. The van der Waals surface area contributed by atoms with Crippen LogP contribution in [0.4, 0.5) is 0 Å². The lowest BCUT2D eigenvalue weighted by Crippen LogP contribution is -2.53. The lowest BCUT2D eigenvalue weighted by atomic mass is 9.79. The average Bonchev–Trinajstić information content (AvgIpc) is 3.09. The summed E-state index contributed by atoms with van der Waals surface area (Å²) in [7, 11) is 0. The molecule has 1 aliphatic rings. The largest absolute Gasteiger partial charge is 0.387 e. The second-order valence-electron chi connectivity index (χ2n) is 7.13. The molecule has 148 valence electrons. The minimum absolute atomic E-state index is 0.330. The van der Waals surface area contributed by atoms with Crippen LogP contribution in [0.15, 0.2) is 41.5 Å². The molecule has 27 heavy (non-hydrogen) atoms. The molecule has 1 aromatic heterocycles. The van der Waals surface area contributed by atoms with Crippen molar-refractivity contribution in [1.29, 1.82) is 0 Å². The number of aryl methyl sites for hydroxylation is 1. The van der Waals surface area contributed by atoms with Gasteiger partial charge in [-0.15, -0.1) is 0 Å². The second-order valence-corrected chi connectivity index (χ2v) is 8.61. The van der Waals surface area contributed by atoms with Crippen molar-refractivity contribution in [2.75, 3.05) is 25.4 Å². The predicted molar refractivity (Wildman–Crippen MR) is 117 cm³/mol. The monoisotopic (exact) mass is 388 g/mol. The number of hydrogen-bond donors (Lipinski definition) is 3. The van der Waals surface area contributed by atoms with Gasteiger partial charge in [0.1, 0.15) is 0 Å². The van der Waals surface area contributed by atoms with Crippen molar-refractivity contribution in [3.63, 3.8) is 0 Å². The highest BCUT2D eigenvalue weighted by atomic mass is 32.2. The zero-order valence-electron chi connectivity index (χ0n) is 16.4. The molecule has 5 nitrogen and oxygen atoms in total. The van der Waals surface area contributed by atoms with E-state index in [0.29, 0.717) is 11.8 Å². The number of aromatic nitrogens is 1. The Balaban J connectivity index is 1.48. The Morgan fingerprint density at radius 3 is 2.89 bits per heavy atom. The van der Waals surface area contributed by atoms with Gasteiger partial charge in [-0.05, 0) is 49.5 Å². The summed E-state index contributed by atoms with van der Waals surface area (Å²) < 4.78 is 2.30. The Bertz CT molecular complexity index is 759. The molecule has 2 atom stereocenters. The fraction of sp³-hybridized carbons (Fsp3) is 0.571. The van der Waals surface area contributed by atoms with Crippen LogP contribution in [0.2, 0.25) is 0 Å². The van der Waals surface area contributed by atoms with Gasteiger partial charge in [-0.25, -0.2) is 0 Å². The summed E-state index contributed by atoms with van der Waals surface area (Å²) in [5, 5.41) is 19.0. The maximum atomic E-state index is 10.7. The van der Waals surface area contributed by atoms with Crippen LogP contribution in [0.25, 0.3) is 10.9 Å². The minimum atomic E-state index is -0.632. The normalized spacial score (nSPS) is 22.6. The highest BCUT2D eigenvalue weighted by molar-refractivity contribution is 8.00. The molecule has 2 unspecified atom stereocenters. The standard InChI is InChI=1S/C21H32N4OS/c1-3-22-20(24-16-21(26)12-10-19(21)27-4-2)23-13-7-14-25-15-11-17-8-5-6-9-18(17)25/h5-6,8-9,11,15,19,26H,3-4,7,10,12-14,16H2,1-2H3,(H2,22,23,24). The molecule has 0 bridgehead atoms. The molecule has 0 aliphatic heterocycles. The molecular weight excluding hydrogens is 356 g/mol. The predicted octanol–water partition coefficient (Wildman–Crippen LogP) is 3.23. The molecule has 0 saturated heterocycles. The topological polar surface area (TPSA) is 61.6 Å². The van der Waals surface area contributed by atoms with Crippen molar-refractivity contribution >= 4 is 28.6 Å². The quantitative estimate of drug-likeness (QED) is 0.351. The number of hydrogen-bond acceptors (Lipinski definition) is 3. The SMILES string of the molecule is CCNC(=NCC1(O)CCC1SCC)NCCCn1ccc2ccccc21. The zero-order chi connectivity index (χ0) is 19.1. The lowest BCUT2D eigenvalue weighted by Gasteiger charge is -2.44. The van der Waals surface area contributed by atoms with Crippen LogP contribution in [0.1, 0.15) is 33.1 Å². The molecule has 0 amide bonds. The highest BCUT2D eigenvalue weighted by Gasteiger charge is 2.45. The van der Waals surface area contributed by atoms with Crippen LogP contribution in [-0.2, 0) is 6.54 Å². The van der Waals surface area contributed by atoms with Gasteiger partial charge >= 0.3 is 0 Å². The maximum Gasteiger partial charge on any atom is 0.191 e. The number of nitrogens with one attached hydrogen (secondary N) is 2. The van der Waals surface area contributed by atoms with E-state index < -0.39 is 5.60 Å². The molecule has 1 saturated carbocycles. The van der Waals surface area contributed by atoms with E-state index >= 15 is 0 Å². The smallest absolute Gasteiger partial charge is 0.191 e. The summed E-state index contributed by atoms with van der Waals surface area (Å²) in [6.45, 7) is 7.33. The zero-order valence-corrected chi connectivity index (χ0v) is 17.3. The van der Waals surface area contributed by atoms with Gasteiger partial charge in [0.15, 0.2) is 5.96 Å². The molecule has 3 N–H and O–H groups in total. The van der Waals surface area contributed by atoms with Crippen LogP contribution >= 0.6 is 11.8 Å². The number of nitrogens with zero attached hydrogens (tertiary/aromatic N) is 2. The van der Waals surface area contributed by atoms with E-state index in [1.807, 2.05) is 11.8 Å². The van der Waals surface area contributed by atoms with E-state index in [4.69, 9.17) is 0 Å². The van der Waals surface area contributed by atoms with Gasteiger partial charge in [-0.3, -0.25) is 4.99 Å². The first kappa shape index (κ1) is 20.1. The summed E-state index contributed by atoms with van der Waals surface area (Å²) in [6.07, 6.45) is 5.12. The first-order chi connectivity index (χ1) is 13.2. The summed E-state index contributed by atoms with van der Waals surface area (Å²) in [4.78, 5) is 4.65. The number of aliphatic imine (C=N–C) groups is 1. The maximum absolute atomic E-state index is 10.7. The van der Waals surface area contributed by atoms with Crippen molar-refractivity contribution in [3.05, 3.63) is 36.5 Å². The van der Waals surface area contributed by atoms with E-state index in [9.17, 15) is 5.11 Å². The van der Waals surface area contributed by atoms with Gasteiger partial charge in [0.25, 0.3) is 0 Å². The van der Waals surface area contributed by atoms with Crippen LogP contribution in [0, 0.1) is 0 Å². The molecule has 0 spiro atoms. The van der Waals surface area contributed by atoms with Crippen LogP contribution in [-0.4, -0.2) is 51.9 Å².